The monoisotopic (exact) mass is 482 g/mol. The van der Waals surface area contributed by atoms with E-state index in [1.807, 2.05) is 49.4 Å². The first-order chi connectivity index (χ1) is 16.4. The van der Waals surface area contributed by atoms with Gasteiger partial charge >= 0.3 is 0 Å². The molecule has 8 heteroatoms. The van der Waals surface area contributed by atoms with Crippen molar-refractivity contribution in [3.63, 3.8) is 0 Å². The molecule has 1 saturated heterocycles. The molecule has 180 valence electrons. The van der Waals surface area contributed by atoms with Gasteiger partial charge in [0.25, 0.3) is 5.91 Å². The number of ether oxygens (including phenoxy) is 2. The summed E-state index contributed by atoms with van der Waals surface area (Å²) in [6, 6.07) is 18.2. The number of benzene rings is 3. The second-order valence-electron chi connectivity index (χ2n) is 8.31. The van der Waals surface area contributed by atoms with E-state index in [4.69, 9.17) is 9.47 Å². The number of sulfonamides is 1. The molecule has 34 heavy (non-hydrogen) atoms. The maximum Gasteiger partial charge on any atom is 0.265 e. The maximum absolute atomic E-state index is 13.3. The minimum Gasteiger partial charge on any atom is -0.495 e. The fraction of sp³-hybridized carbons (Fsp3) is 0.346. The van der Waals surface area contributed by atoms with Crippen LogP contribution in [0.15, 0.2) is 65.6 Å². The fourth-order valence-electron chi connectivity index (χ4n) is 4.20. The number of nitrogens with zero attached hydrogens (tertiary/aromatic N) is 1. The zero-order chi connectivity index (χ0) is 24.1. The molecule has 1 heterocycles. The van der Waals surface area contributed by atoms with Gasteiger partial charge in [0, 0.05) is 24.2 Å². The van der Waals surface area contributed by atoms with Gasteiger partial charge in [-0.15, -0.1) is 0 Å². The Hall–Kier alpha value is -3.10. The molecule has 1 aliphatic rings. The minimum atomic E-state index is -3.74. The molecule has 0 aromatic heterocycles. The standard InChI is InChI=1S/C26H30N2O5S/c1-3-22(33-23-13-9-11-19-10-5-6-12-21(19)23)26(29)27-20-14-15-24(32-2)25(18-20)34(30,31)28-16-7-4-8-17-28/h5-6,9-15,18,22H,3-4,7-8,16-17H2,1-2H3,(H,27,29). The second-order valence-corrected chi connectivity index (χ2v) is 10.2. The Morgan fingerprint density at radius 1 is 1.00 bits per heavy atom. The van der Waals surface area contributed by atoms with Crippen LogP contribution < -0.4 is 14.8 Å². The normalized spacial score (nSPS) is 15.6. The van der Waals surface area contributed by atoms with Gasteiger partial charge in [0.1, 0.15) is 16.4 Å². The van der Waals surface area contributed by atoms with Crippen molar-refractivity contribution in [2.45, 2.75) is 43.6 Å². The van der Waals surface area contributed by atoms with E-state index in [0.29, 0.717) is 30.9 Å². The van der Waals surface area contributed by atoms with Crippen LogP contribution >= 0.6 is 0 Å². The molecule has 4 rings (SSSR count). The largest absolute Gasteiger partial charge is 0.495 e. The van der Waals surface area contributed by atoms with E-state index < -0.39 is 16.1 Å². The van der Waals surface area contributed by atoms with Gasteiger partial charge in [-0.05, 0) is 48.9 Å². The molecule has 3 aromatic carbocycles. The van der Waals surface area contributed by atoms with Gasteiger partial charge in [-0.2, -0.15) is 4.31 Å². The Morgan fingerprint density at radius 3 is 2.47 bits per heavy atom. The van der Waals surface area contributed by atoms with Crippen LogP contribution in [0.4, 0.5) is 5.69 Å². The molecule has 0 radical (unpaired) electrons. The topological polar surface area (TPSA) is 84.9 Å². The summed E-state index contributed by atoms with van der Waals surface area (Å²) >= 11 is 0. The average Bonchev–Trinajstić information content (AvgIpc) is 2.87. The third-order valence-electron chi connectivity index (χ3n) is 6.05. The molecule has 1 atom stereocenters. The lowest BCUT2D eigenvalue weighted by molar-refractivity contribution is -0.122. The van der Waals surface area contributed by atoms with Crippen LogP contribution in [0.25, 0.3) is 10.8 Å². The molecule has 1 aliphatic heterocycles. The number of nitrogens with one attached hydrogen (secondary N) is 1. The summed E-state index contributed by atoms with van der Waals surface area (Å²) in [6.07, 6.45) is 2.40. The first-order valence-corrected chi connectivity index (χ1v) is 13.0. The molecular weight excluding hydrogens is 452 g/mol. The van der Waals surface area contributed by atoms with Gasteiger partial charge in [0.05, 0.1) is 7.11 Å². The lowest BCUT2D eigenvalue weighted by Gasteiger charge is -2.26. The molecule has 0 saturated carbocycles. The maximum atomic E-state index is 13.3. The molecule has 0 spiro atoms. The van der Waals surface area contributed by atoms with Crippen LogP contribution in [0, 0.1) is 0 Å². The summed E-state index contributed by atoms with van der Waals surface area (Å²) in [7, 11) is -2.30. The molecule has 1 amide bonds. The lowest BCUT2D eigenvalue weighted by atomic mass is 10.1. The number of rotatable bonds is 8. The van der Waals surface area contributed by atoms with Crippen LogP contribution in [-0.2, 0) is 14.8 Å². The van der Waals surface area contributed by atoms with Gasteiger partial charge in [-0.25, -0.2) is 8.42 Å². The Labute approximate surface area is 200 Å². The molecule has 0 bridgehead atoms. The highest BCUT2D eigenvalue weighted by Crippen LogP contribution is 2.32. The van der Waals surface area contributed by atoms with Gasteiger partial charge in [0.2, 0.25) is 10.0 Å². The summed E-state index contributed by atoms with van der Waals surface area (Å²) in [5.74, 6) is 0.535. The van der Waals surface area contributed by atoms with Crippen molar-refractivity contribution in [1.29, 1.82) is 0 Å². The van der Waals surface area contributed by atoms with Crippen LogP contribution in [0.3, 0.4) is 0 Å². The third kappa shape index (κ3) is 5.03. The zero-order valence-electron chi connectivity index (χ0n) is 19.5. The van der Waals surface area contributed by atoms with E-state index in [-0.39, 0.29) is 16.6 Å². The average molecular weight is 483 g/mol. The Kier molecular flexibility index (Phi) is 7.38. The highest BCUT2D eigenvalue weighted by atomic mass is 32.2. The Morgan fingerprint density at radius 2 is 1.74 bits per heavy atom. The summed E-state index contributed by atoms with van der Waals surface area (Å²) in [4.78, 5) is 13.1. The zero-order valence-corrected chi connectivity index (χ0v) is 20.3. The summed E-state index contributed by atoms with van der Waals surface area (Å²) in [5.41, 5.74) is 0.376. The first kappa shape index (κ1) is 24.0. The van der Waals surface area contributed by atoms with Crippen molar-refractivity contribution in [2.75, 3.05) is 25.5 Å². The first-order valence-electron chi connectivity index (χ1n) is 11.6. The number of amides is 1. The molecule has 0 aliphatic carbocycles. The number of fused-ring (bicyclic) bond motifs is 1. The van der Waals surface area contributed by atoms with E-state index in [0.717, 1.165) is 30.0 Å². The highest BCUT2D eigenvalue weighted by molar-refractivity contribution is 7.89. The summed E-state index contributed by atoms with van der Waals surface area (Å²) < 4.78 is 39.4. The SMILES string of the molecule is CCC(Oc1cccc2ccccc12)C(=O)Nc1ccc(OC)c(S(=O)(=O)N2CCCCC2)c1. The Balaban J connectivity index is 1.56. The predicted octanol–water partition coefficient (Wildman–Crippen LogP) is 4.82. The number of anilines is 1. The van der Waals surface area contributed by atoms with Crippen molar-refractivity contribution in [1.82, 2.24) is 4.31 Å². The number of hydrogen-bond acceptors (Lipinski definition) is 5. The minimum absolute atomic E-state index is 0.0534. The van der Waals surface area contributed by atoms with Crippen LogP contribution in [0.2, 0.25) is 0 Å². The summed E-state index contributed by atoms with van der Waals surface area (Å²) in [5, 5.41) is 4.78. The quantitative estimate of drug-likeness (QED) is 0.498. The number of methoxy groups -OCH3 is 1. The van der Waals surface area contributed by atoms with Crippen LogP contribution in [0.5, 0.6) is 11.5 Å². The molecule has 1 fully saturated rings. The van der Waals surface area contributed by atoms with Crippen molar-refractivity contribution < 1.29 is 22.7 Å². The van der Waals surface area contributed by atoms with E-state index in [9.17, 15) is 13.2 Å². The van der Waals surface area contributed by atoms with E-state index in [1.165, 1.54) is 17.5 Å². The van der Waals surface area contributed by atoms with Crippen LogP contribution in [0.1, 0.15) is 32.6 Å². The summed E-state index contributed by atoms with van der Waals surface area (Å²) in [6.45, 7) is 2.84. The number of piperidine rings is 1. The van der Waals surface area contributed by atoms with E-state index in [1.54, 1.807) is 12.1 Å². The number of carbonyl (C=O) groups is 1. The van der Waals surface area contributed by atoms with Gasteiger partial charge in [-0.3, -0.25) is 4.79 Å². The fourth-order valence-corrected chi connectivity index (χ4v) is 5.90. The number of carbonyl (C=O) groups excluding carboxylic acids is 1. The van der Waals surface area contributed by atoms with Crippen molar-refractivity contribution in [3.05, 3.63) is 60.7 Å². The number of hydrogen-bond donors (Lipinski definition) is 1. The Bertz CT molecular complexity index is 1260. The molecule has 1 unspecified atom stereocenters. The molecular formula is C26H30N2O5S. The second kappa shape index (κ2) is 10.4. The van der Waals surface area contributed by atoms with Gasteiger partial charge in [0.15, 0.2) is 6.10 Å². The van der Waals surface area contributed by atoms with Crippen LogP contribution in [-0.4, -0.2) is 44.9 Å². The van der Waals surface area contributed by atoms with E-state index >= 15 is 0 Å². The predicted molar refractivity (Wildman–Crippen MR) is 133 cm³/mol. The molecule has 3 aromatic rings. The van der Waals surface area contributed by atoms with Crippen molar-refractivity contribution in [3.8, 4) is 11.5 Å². The highest BCUT2D eigenvalue weighted by Gasteiger charge is 2.29. The van der Waals surface area contributed by atoms with Gasteiger partial charge < -0.3 is 14.8 Å². The van der Waals surface area contributed by atoms with Crippen molar-refractivity contribution in [2.24, 2.45) is 0 Å². The van der Waals surface area contributed by atoms with E-state index in [2.05, 4.69) is 5.32 Å². The third-order valence-corrected chi connectivity index (χ3v) is 7.97. The smallest absolute Gasteiger partial charge is 0.265 e. The molecule has 7 nitrogen and oxygen atoms in total. The molecule has 1 N–H and O–H groups in total. The van der Waals surface area contributed by atoms with Gasteiger partial charge in [-0.1, -0.05) is 49.7 Å². The lowest BCUT2D eigenvalue weighted by Crippen LogP contribution is -2.36. The van der Waals surface area contributed by atoms with Crippen molar-refractivity contribution >= 4 is 32.4 Å².